The molecule has 0 aliphatic heterocycles. The van der Waals surface area contributed by atoms with Crippen molar-refractivity contribution in [2.45, 2.75) is 241 Å². The summed E-state index contributed by atoms with van der Waals surface area (Å²) in [6.07, 6.45) is 41.4. The summed E-state index contributed by atoms with van der Waals surface area (Å²) in [7, 11) is 0. The van der Waals surface area contributed by atoms with E-state index < -0.39 is 0 Å². The van der Waals surface area contributed by atoms with Gasteiger partial charge in [-0.15, -0.1) is 0 Å². The van der Waals surface area contributed by atoms with Gasteiger partial charge in [0.1, 0.15) is 0 Å². The molecule has 0 aromatic rings. The Hall–Kier alpha value is -2.37. The fourth-order valence-corrected chi connectivity index (χ4v) is 5.84. The predicted octanol–water partition coefficient (Wildman–Crippen LogP) is 15.5. The second-order valence-corrected chi connectivity index (χ2v) is 15.6. The van der Waals surface area contributed by atoms with Crippen LogP contribution in [-0.4, -0.2) is 37.7 Å². The van der Waals surface area contributed by atoms with Crippen molar-refractivity contribution in [3.05, 3.63) is 36.5 Å². The minimum absolute atomic E-state index is 0.254. The first kappa shape index (κ1) is 57.0. The van der Waals surface area contributed by atoms with E-state index in [1.165, 1.54) is 180 Å². The van der Waals surface area contributed by atoms with Gasteiger partial charge in [0.2, 0.25) is 0 Å². The molecule has 0 aromatic carbocycles. The third-order valence-electron chi connectivity index (χ3n) is 9.44. The highest BCUT2D eigenvalue weighted by atomic mass is 16.5. The number of rotatable bonds is 37. The maximum absolute atomic E-state index is 11.2. The molecule has 0 amide bonds. The van der Waals surface area contributed by atoms with E-state index >= 15 is 0 Å². The van der Waals surface area contributed by atoms with E-state index in [0.29, 0.717) is 36.5 Å². The molecule has 6 nitrogen and oxygen atoms in total. The zero-order chi connectivity index (χ0) is 41.6. The van der Waals surface area contributed by atoms with Crippen LogP contribution < -0.4 is 0 Å². The summed E-state index contributed by atoms with van der Waals surface area (Å²) in [5.74, 6) is -0.803. The molecule has 0 radical (unpaired) electrons. The second kappa shape index (κ2) is 47.8. The highest BCUT2D eigenvalue weighted by molar-refractivity contribution is 5.87. The van der Waals surface area contributed by atoms with Crippen LogP contribution >= 0.6 is 0 Å². The summed E-state index contributed by atoms with van der Waals surface area (Å²) < 4.78 is 14.9. The van der Waals surface area contributed by atoms with Gasteiger partial charge in [0.05, 0.1) is 19.8 Å². The maximum atomic E-state index is 11.2. The Kier molecular flexibility index (Phi) is 49.5. The minimum atomic E-state index is -0.295. The molecule has 0 saturated heterocycles. The molecule has 0 unspecified atom stereocenters. The third kappa shape index (κ3) is 51.6. The van der Waals surface area contributed by atoms with Crippen LogP contribution in [0.4, 0.5) is 0 Å². The van der Waals surface area contributed by atoms with Crippen LogP contribution in [0.1, 0.15) is 241 Å². The lowest BCUT2D eigenvalue weighted by Crippen LogP contribution is -2.05. The first-order valence-electron chi connectivity index (χ1n) is 23.0. The van der Waals surface area contributed by atoms with E-state index in [1.54, 1.807) is 20.8 Å². The Morgan fingerprint density at radius 2 is 0.473 bits per heavy atom. The van der Waals surface area contributed by atoms with Crippen LogP contribution in [-0.2, 0) is 28.6 Å². The molecule has 0 N–H and O–H groups in total. The van der Waals surface area contributed by atoms with Gasteiger partial charge >= 0.3 is 17.9 Å². The van der Waals surface area contributed by atoms with E-state index in [2.05, 4.69) is 33.6 Å². The monoisotopic (exact) mass is 777 g/mol. The number of hydrogen-bond acceptors (Lipinski definition) is 6. The third-order valence-corrected chi connectivity index (χ3v) is 9.44. The lowest BCUT2D eigenvalue weighted by molar-refractivity contribution is -0.139. The summed E-state index contributed by atoms with van der Waals surface area (Å²) in [5.41, 5.74) is 1.44. The van der Waals surface area contributed by atoms with Gasteiger partial charge in [0.15, 0.2) is 0 Å². The molecule has 0 aromatic heterocycles. The quantitative estimate of drug-likeness (QED) is 0.0271. The van der Waals surface area contributed by atoms with Crippen molar-refractivity contribution in [3.8, 4) is 0 Å². The van der Waals surface area contributed by atoms with Crippen LogP contribution in [0.15, 0.2) is 36.5 Å². The van der Waals surface area contributed by atoms with Crippen molar-refractivity contribution in [1.82, 2.24) is 0 Å². The number of carbonyl (C=O) groups is 3. The Labute approximate surface area is 342 Å². The van der Waals surface area contributed by atoms with E-state index in [4.69, 9.17) is 14.2 Å². The van der Waals surface area contributed by atoms with Gasteiger partial charge in [-0.3, -0.25) is 0 Å². The van der Waals surface area contributed by atoms with Crippen molar-refractivity contribution in [2.75, 3.05) is 19.8 Å². The van der Waals surface area contributed by atoms with Gasteiger partial charge in [-0.1, -0.05) is 220 Å². The van der Waals surface area contributed by atoms with Crippen LogP contribution in [0.25, 0.3) is 0 Å². The van der Waals surface area contributed by atoms with Crippen LogP contribution in [0.3, 0.4) is 0 Å². The van der Waals surface area contributed by atoms with Crippen molar-refractivity contribution in [3.63, 3.8) is 0 Å². The molecule has 324 valence electrons. The van der Waals surface area contributed by atoms with E-state index in [-0.39, 0.29) is 17.9 Å². The molecular formula is C49H92O6. The molecule has 0 rings (SSSR count). The summed E-state index contributed by atoms with van der Waals surface area (Å²) >= 11 is 0. The largest absolute Gasteiger partial charge is 0.462 e. The van der Waals surface area contributed by atoms with Gasteiger partial charge in [-0.25, -0.2) is 14.4 Å². The summed E-state index contributed by atoms with van der Waals surface area (Å²) in [6, 6.07) is 0. The van der Waals surface area contributed by atoms with E-state index in [9.17, 15) is 14.4 Å². The summed E-state index contributed by atoms with van der Waals surface area (Å²) in [4.78, 5) is 32.9. The molecule has 0 spiro atoms. The number of hydrogen-bond donors (Lipinski definition) is 0. The van der Waals surface area contributed by atoms with Crippen molar-refractivity contribution in [2.24, 2.45) is 0 Å². The lowest BCUT2D eigenvalue weighted by atomic mass is 10.0. The molecule has 55 heavy (non-hydrogen) atoms. The highest BCUT2D eigenvalue weighted by Gasteiger charge is 2.03. The Bertz CT molecular complexity index is 907. The Balaban J connectivity index is -0.000000807. The number of unbranched alkanes of at least 4 members (excludes halogenated alkanes) is 28. The minimum Gasteiger partial charge on any atom is -0.462 e. The summed E-state index contributed by atoms with van der Waals surface area (Å²) in [5, 5.41) is 0. The number of carbonyl (C=O) groups excluding carboxylic acids is 3. The summed E-state index contributed by atoms with van der Waals surface area (Å²) in [6.45, 7) is 23.7. The Morgan fingerprint density at radius 3 is 0.655 bits per heavy atom. The van der Waals surface area contributed by atoms with E-state index in [1.807, 2.05) is 6.92 Å². The topological polar surface area (TPSA) is 78.9 Å². The normalized spacial score (nSPS) is 10.4. The van der Waals surface area contributed by atoms with Gasteiger partial charge < -0.3 is 14.2 Å². The molecular weight excluding hydrogens is 685 g/mol. The predicted molar refractivity (Wildman–Crippen MR) is 237 cm³/mol. The van der Waals surface area contributed by atoms with Gasteiger partial charge in [-0.2, -0.15) is 0 Å². The maximum Gasteiger partial charge on any atom is 0.333 e. The zero-order valence-corrected chi connectivity index (χ0v) is 37.6. The van der Waals surface area contributed by atoms with Crippen molar-refractivity contribution in [1.29, 1.82) is 0 Å². The molecule has 6 heteroatoms. The smallest absolute Gasteiger partial charge is 0.333 e. The van der Waals surface area contributed by atoms with Gasteiger partial charge in [0.25, 0.3) is 0 Å². The molecule has 0 heterocycles. The van der Waals surface area contributed by atoms with Crippen LogP contribution in [0, 0.1) is 0 Å². The average molecular weight is 777 g/mol. The van der Waals surface area contributed by atoms with Gasteiger partial charge in [0, 0.05) is 16.7 Å². The second-order valence-electron chi connectivity index (χ2n) is 15.6. The van der Waals surface area contributed by atoms with E-state index in [0.717, 1.165) is 19.3 Å². The van der Waals surface area contributed by atoms with Crippen molar-refractivity contribution >= 4 is 17.9 Å². The SMILES string of the molecule is C=C(C)C(=O)OCCC.C=C(C)C(=O)OCCCCCCCCCCCCCCCC.C=C(C)C(=O)OCCCCCCCCCCCCCCCCCC. The first-order valence-corrected chi connectivity index (χ1v) is 23.0. The highest BCUT2D eigenvalue weighted by Crippen LogP contribution is 2.15. The molecule has 0 saturated carbocycles. The Morgan fingerprint density at radius 1 is 0.291 bits per heavy atom. The first-order chi connectivity index (χ1) is 26.5. The van der Waals surface area contributed by atoms with Crippen LogP contribution in [0.5, 0.6) is 0 Å². The molecule has 0 fully saturated rings. The zero-order valence-electron chi connectivity index (χ0n) is 37.6. The fraction of sp³-hybridized carbons (Fsp3) is 0.816. The number of ether oxygens (including phenoxy) is 3. The molecule has 0 aliphatic rings. The van der Waals surface area contributed by atoms with Crippen molar-refractivity contribution < 1.29 is 28.6 Å². The fourth-order valence-electron chi connectivity index (χ4n) is 5.84. The average Bonchev–Trinajstić information content (AvgIpc) is 3.16. The van der Waals surface area contributed by atoms with Gasteiger partial charge in [-0.05, 0) is 40.0 Å². The standard InChI is InChI=1S/C22H42O2.C20H38O2.C7H12O2/c1-4-5-6-7-8-9-10-11-12-13-14-15-16-17-18-19-20-24-22(23)21(2)3;1-4-5-6-7-8-9-10-11-12-13-14-15-16-17-18-22-20(21)19(2)3;1-4-5-9-7(8)6(2)3/h2,4-20H2,1,3H3;2,4-18H2,1,3H3;2,4-5H2,1,3H3. The lowest BCUT2D eigenvalue weighted by Gasteiger charge is -2.05. The molecule has 0 bridgehead atoms. The molecule has 0 atom stereocenters. The van der Waals surface area contributed by atoms with Crippen LogP contribution in [0.2, 0.25) is 0 Å². The number of esters is 3. The molecule has 0 aliphatic carbocycles.